The van der Waals surface area contributed by atoms with Gasteiger partial charge in [0.05, 0.1) is 11.6 Å². The van der Waals surface area contributed by atoms with E-state index in [0.29, 0.717) is 5.78 Å². The SMILES string of the molecule is CCCN([C@H](C)C(=O)C(C)(CC)NCCNC(C)(C)C)C(C)(CCC)C(C)(C)C. The molecule has 29 heavy (non-hydrogen) atoms. The number of carbonyl (C=O) groups is 1. The van der Waals surface area contributed by atoms with Crippen molar-refractivity contribution in [1.82, 2.24) is 15.5 Å². The third-order valence-electron chi connectivity index (χ3n) is 6.84. The fourth-order valence-corrected chi connectivity index (χ4v) is 4.31. The van der Waals surface area contributed by atoms with Crippen molar-refractivity contribution >= 4 is 5.78 Å². The highest BCUT2D eigenvalue weighted by Crippen LogP contribution is 2.41. The molecule has 0 heterocycles. The number of nitrogens with one attached hydrogen (secondary N) is 2. The lowest BCUT2D eigenvalue weighted by Crippen LogP contribution is -2.64. The van der Waals surface area contributed by atoms with Crippen molar-refractivity contribution in [3.05, 3.63) is 0 Å². The lowest BCUT2D eigenvalue weighted by molar-refractivity contribution is -0.135. The summed E-state index contributed by atoms with van der Waals surface area (Å²) >= 11 is 0. The van der Waals surface area contributed by atoms with E-state index in [4.69, 9.17) is 0 Å². The van der Waals surface area contributed by atoms with E-state index in [1.54, 1.807) is 0 Å². The lowest BCUT2D eigenvalue weighted by Gasteiger charge is -2.53. The second kappa shape index (κ2) is 11.2. The molecule has 0 amide bonds. The minimum atomic E-state index is -0.504. The predicted octanol–water partition coefficient (Wildman–Crippen LogP) is 5.41. The van der Waals surface area contributed by atoms with Crippen molar-refractivity contribution in [2.45, 2.75) is 131 Å². The molecule has 0 aliphatic rings. The minimum absolute atomic E-state index is 0.0186. The molecule has 0 bridgehead atoms. The van der Waals surface area contributed by atoms with Gasteiger partial charge in [0, 0.05) is 24.2 Å². The van der Waals surface area contributed by atoms with Gasteiger partial charge < -0.3 is 10.6 Å². The summed E-state index contributed by atoms with van der Waals surface area (Å²) in [7, 11) is 0. The molecule has 174 valence electrons. The van der Waals surface area contributed by atoms with Crippen LogP contribution in [-0.2, 0) is 4.79 Å². The van der Waals surface area contributed by atoms with Gasteiger partial charge in [-0.15, -0.1) is 0 Å². The molecule has 0 aromatic carbocycles. The van der Waals surface area contributed by atoms with Crippen LogP contribution in [0, 0.1) is 5.41 Å². The molecule has 0 fully saturated rings. The highest BCUT2D eigenvalue weighted by molar-refractivity contribution is 5.92. The summed E-state index contributed by atoms with van der Waals surface area (Å²) in [4.78, 5) is 16.3. The van der Waals surface area contributed by atoms with Crippen molar-refractivity contribution in [3.8, 4) is 0 Å². The topological polar surface area (TPSA) is 44.4 Å². The summed E-state index contributed by atoms with van der Waals surface area (Å²) in [6.07, 6.45) is 4.07. The Balaban J connectivity index is 5.59. The van der Waals surface area contributed by atoms with Gasteiger partial charge in [0.25, 0.3) is 0 Å². The summed E-state index contributed by atoms with van der Waals surface area (Å²) in [5, 5.41) is 7.09. The largest absolute Gasteiger partial charge is 0.311 e. The maximum Gasteiger partial charge on any atom is 0.169 e. The van der Waals surface area contributed by atoms with Crippen LogP contribution < -0.4 is 10.6 Å². The summed E-state index contributed by atoms with van der Waals surface area (Å²) in [5.41, 5.74) is -0.334. The van der Waals surface area contributed by atoms with Crippen molar-refractivity contribution < 1.29 is 4.79 Å². The first-order valence-corrected chi connectivity index (χ1v) is 11.9. The Labute approximate surface area is 183 Å². The standard InChI is InChI=1S/C25H53N3O/c1-13-16-25(12,22(5,6)7)28(19-14-2)20(4)21(29)24(11,15-3)27-18-17-26-23(8,9)10/h20,26-27H,13-19H2,1-12H3/t20-,24?,25?/m1/s1. The number of Topliss-reactive ketones (excluding diaryl/α,β-unsaturated/α-hetero) is 1. The van der Waals surface area contributed by atoms with Crippen LogP contribution in [0.1, 0.15) is 109 Å². The monoisotopic (exact) mass is 411 g/mol. The van der Waals surface area contributed by atoms with Gasteiger partial charge in [-0.25, -0.2) is 0 Å². The van der Waals surface area contributed by atoms with Crippen molar-refractivity contribution in [2.75, 3.05) is 19.6 Å². The fourth-order valence-electron chi connectivity index (χ4n) is 4.31. The number of nitrogens with zero attached hydrogens (tertiary/aromatic N) is 1. The average Bonchev–Trinajstić information content (AvgIpc) is 2.60. The Morgan fingerprint density at radius 1 is 0.862 bits per heavy atom. The third-order valence-corrected chi connectivity index (χ3v) is 6.84. The van der Waals surface area contributed by atoms with Crippen molar-refractivity contribution in [3.63, 3.8) is 0 Å². The first-order chi connectivity index (χ1) is 13.1. The van der Waals surface area contributed by atoms with E-state index in [-0.39, 0.29) is 22.5 Å². The number of hydrogen-bond acceptors (Lipinski definition) is 4. The molecule has 4 heteroatoms. The number of ketones is 1. The highest BCUT2D eigenvalue weighted by Gasteiger charge is 2.47. The van der Waals surface area contributed by atoms with Crippen LogP contribution in [0.25, 0.3) is 0 Å². The number of rotatable bonds is 13. The van der Waals surface area contributed by atoms with E-state index in [0.717, 1.165) is 45.3 Å². The van der Waals surface area contributed by atoms with Crippen LogP contribution in [0.4, 0.5) is 0 Å². The normalized spacial score (nSPS) is 18.4. The van der Waals surface area contributed by atoms with Crippen molar-refractivity contribution in [1.29, 1.82) is 0 Å². The van der Waals surface area contributed by atoms with Gasteiger partial charge >= 0.3 is 0 Å². The highest BCUT2D eigenvalue weighted by atomic mass is 16.1. The zero-order valence-corrected chi connectivity index (χ0v) is 21.9. The maximum atomic E-state index is 13.8. The molecule has 0 aromatic heterocycles. The van der Waals surface area contributed by atoms with E-state index < -0.39 is 5.54 Å². The first kappa shape index (κ1) is 28.5. The molecule has 0 aromatic rings. The third kappa shape index (κ3) is 7.95. The smallest absolute Gasteiger partial charge is 0.169 e. The van der Waals surface area contributed by atoms with Gasteiger partial charge in [0.2, 0.25) is 0 Å². The molecule has 0 saturated carbocycles. The van der Waals surface area contributed by atoms with Gasteiger partial charge in [0.15, 0.2) is 5.78 Å². The van der Waals surface area contributed by atoms with E-state index in [1.165, 1.54) is 0 Å². The summed E-state index contributed by atoms with van der Waals surface area (Å²) in [5.74, 6) is 0.316. The molecule has 0 saturated heterocycles. The Bertz CT molecular complexity index is 491. The van der Waals surface area contributed by atoms with E-state index >= 15 is 0 Å². The quantitative estimate of drug-likeness (QED) is 0.398. The van der Waals surface area contributed by atoms with Crippen LogP contribution in [0.15, 0.2) is 0 Å². The zero-order chi connectivity index (χ0) is 23.1. The molecule has 0 aliphatic carbocycles. The lowest BCUT2D eigenvalue weighted by atomic mass is 9.69. The molecule has 0 spiro atoms. The Kier molecular flexibility index (Phi) is 11.1. The molecule has 2 N–H and O–H groups in total. The Hall–Kier alpha value is -0.450. The first-order valence-electron chi connectivity index (χ1n) is 11.9. The minimum Gasteiger partial charge on any atom is -0.311 e. The maximum absolute atomic E-state index is 13.8. The molecule has 0 aliphatic heterocycles. The summed E-state index contributed by atoms with van der Waals surface area (Å²) < 4.78 is 0. The number of hydrogen-bond donors (Lipinski definition) is 2. The second-order valence-corrected chi connectivity index (χ2v) is 11.3. The molecule has 0 rings (SSSR count). The van der Waals surface area contributed by atoms with E-state index in [2.05, 4.69) is 98.6 Å². The molecular formula is C25H53N3O. The van der Waals surface area contributed by atoms with Gasteiger partial charge in [-0.3, -0.25) is 9.69 Å². The fraction of sp³-hybridized carbons (Fsp3) is 0.960. The van der Waals surface area contributed by atoms with Crippen LogP contribution in [0.3, 0.4) is 0 Å². The summed E-state index contributed by atoms with van der Waals surface area (Å²) in [6, 6.07) is -0.112. The molecular weight excluding hydrogens is 358 g/mol. The predicted molar refractivity (Wildman–Crippen MR) is 129 cm³/mol. The number of carbonyl (C=O) groups excluding carboxylic acids is 1. The Morgan fingerprint density at radius 3 is 1.76 bits per heavy atom. The molecule has 2 unspecified atom stereocenters. The summed E-state index contributed by atoms with van der Waals surface area (Å²) in [6.45, 7) is 29.2. The van der Waals surface area contributed by atoms with Crippen molar-refractivity contribution in [2.24, 2.45) is 5.41 Å². The molecule has 4 nitrogen and oxygen atoms in total. The van der Waals surface area contributed by atoms with Crippen LogP contribution >= 0.6 is 0 Å². The average molecular weight is 412 g/mol. The van der Waals surface area contributed by atoms with Gasteiger partial charge in [0.1, 0.15) is 0 Å². The molecule has 3 atom stereocenters. The Morgan fingerprint density at radius 2 is 1.38 bits per heavy atom. The zero-order valence-electron chi connectivity index (χ0n) is 21.9. The van der Waals surface area contributed by atoms with Gasteiger partial charge in [-0.05, 0) is 72.8 Å². The van der Waals surface area contributed by atoms with E-state index in [9.17, 15) is 4.79 Å². The van der Waals surface area contributed by atoms with Gasteiger partial charge in [-0.2, -0.15) is 0 Å². The van der Waals surface area contributed by atoms with Crippen LogP contribution in [-0.4, -0.2) is 53.0 Å². The second-order valence-electron chi connectivity index (χ2n) is 11.3. The van der Waals surface area contributed by atoms with Crippen LogP contribution in [0.2, 0.25) is 0 Å². The van der Waals surface area contributed by atoms with E-state index in [1.807, 2.05) is 0 Å². The molecule has 0 radical (unpaired) electrons. The van der Waals surface area contributed by atoms with Crippen LogP contribution in [0.5, 0.6) is 0 Å². The van der Waals surface area contributed by atoms with Gasteiger partial charge in [-0.1, -0.05) is 48.0 Å².